The monoisotopic (exact) mass is 441 g/mol. The number of aromatic amines is 1. The van der Waals surface area contributed by atoms with Crippen LogP contribution in [0.25, 0.3) is 11.1 Å². The Labute approximate surface area is 177 Å². The Bertz CT molecular complexity index is 1210. The number of H-pyrrole nitrogens is 1. The van der Waals surface area contributed by atoms with Crippen molar-refractivity contribution in [3.8, 4) is 11.1 Å². The van der Waals surface area contributed by atoms with E-state index < -0.39 is 34.0 Å². The molecule has 0 spiro atoms. The van der Waals surface area contributed by atoms with Crippen LogP contribution in [0.15, 0.2) is 59.6 Å². The minimum Gasteiger partial charge on any atom is -0.480 e. The van der Waals surface area contributed by atoms with Crippen LogP contribution in [-0.4, -0.2) is 52.9 Å². The fourth-order valence-corrected chi connectivity index (χ4v) is 5.04. The third kappa shape index (κ3) is 4.47. The van der Waals surface area contributed by atoms with Gasteiger partial charge in [-0.05, 0) is 30.0 Å². The van der Waals surface area contributed by atoms with Gasteiger partial charge >= 0.3 is 5.97 Å². The number of nitrogens with zero attached hydrogens (tertiary/aromatic N) is 2. The fourth-order valence-electron chi connectivity index (χ4n) is 3.56. The standard InChI is InChI=1S/C20H19N5O5S/c26-19(17-11-21-25-23-17)22-14-8-12-6-7-15(13-4-2-1-3-5-13)18(9-12)31(29,30)24-16(10-14)20(27)28/h1-7,9,11,14,16,24H,8,10H2,(H,22,26)(H,27,28)(H,21,23,25)/t14-,16-/m1/s1. The van der Waals surface area contributed by atoms with Gasteiger partial charge in [0.25, 0.3) is 5.91 Å². The summed E-state index contributed by atoms with van der Waals surface area (Å²) in [5.41, 5.74) is 1.85. The first-order valence-electron chi connectivity index (χ1n) is 9.43. The first-order valence-corrected chi connectivity index (χ1v) is 10.9. The zero-order valence-electron chi connectivity index (χ0n) is 16.1. The van der Waals surface area contributed by atoms with Crippen molar-refractivity contribution in [1.29, 1.82) is 0 Å². The molecule has 2 bridgehead atoms. The SMILES string of the molecule is O=C(N[C@@H]1Cc2ccc(-c3ccccc3)c(c2)S(=O)(=O)N[C@@H](C(=O)O)C1)c1cn[nH]n1. The van der Waals surface area contributed by atoms with Crippen LogP contribution in [-0.2, 0) is 21.2 Å². The normalized spacial score (nSPS) is 20.1. The molecule has 10 nitrogen and oxygen atoms in total. The zero-order valence-corrected chi connectivity index (χ0v) is 17.0. The van der Waals surface area contributed by atoms with E-state index >= 15 is 0 Å². The number of carboxylic acids is 1. The van der Waals surface area contributed by atoms with Gasteiger partial charge in [0.1, 0.15) is 6.04 Å². The van der Waals surface area contributed by atoms with Gasteiger partial charge in [-0.1, -0.05) is 42.5 Å². The molecule has 160 valence electrons. The summed E-state index contributed by atoms with van der Waals surface area (Å²) >= 11 is 0. The molecule has 31 heavy (non-hydrogen) atoms. The van der Waals surface area contributed by atoms with E-state index in [1.807, 2.05) is 6.07 Å². The Morgan fingerprint density at radius 2 is 1.90 bits per heavy atom. The van der Waals surface area contributed by atoms with E-state index in [0.29, 0.717) is 16.7 Å². The van der Waals surface area contributed by atoms with Crippen molar-refractivity contribution in [2.24, 2.45) is 0 Å². The molecule has 2 atom stereocenters. The lowest BCUT2D eigenvalue weighted by Crippen LogP contribution is -2.47. The zero-order chi connectivity index (χ0) is 22.0. The Kier molecular flexibility index (Phi) is 5.53. The molecule has 11 heteroatoms. The number of nitrogens with one attached hydrogen (secondary N) is 3. The van der Waals surface area contributed by atoms with E-state index in [4.69, 9.17) is 0 Å². The molecule has 1 aromatic heterocycles. The molecule has 4 rings (SSSR count). The third-order valence-electron chi connectivity index (χ3n) is 5.00. The maximum atomic E-state index is 13.1. The van der Waals surface area contributed by atoms with Crippen molar-refractivity contribution in [3.63, 3.8) is 0 Å². The summed E-state index contributed by atoms with van der Waals surface area (Å²) in [7, 11) is -4.14. The number of hydrogen-bond acceptors (Lipinski definition) is 6. The van der Waals surface area contributed by atoms with Gasteiger partial charge in [-0.3, -0.25) is 9.59 Å². The Hall–Kier alpha value is -3.57. The van der Waals surface area contributed by atoms with E-state index in [9.17, 15) is 23.1 Å². The number of carbonyl (C=O) groups excluding carboxylic acids is 1. The van der Waals surface area contributed by atoms with E-state index in [1.54, 1.807) is 36.4 Å². The van der Waals surface area contributed by atoms with Gasteiger partial charge in [0.05, 0.1) is 11.1 Å². The molecule has 0 saturated carbocycles. The van der Waals surface area contributed by atoms with Crippen molar-refractivity contribution in [2.75, 3.05) is 0 Å². The van der Waals surface area contributed by atoms with Gasteiger partial charge in [-0.25, -0.2) is 8.42 Å². The van der Waals surface area contributed by atoms with Gasteiger partial charge in [0.15, 0.2) is 5.69 Å². The molecule has 1 aliphatic heterocycles. The van der Waals surface area contributed by atoms with Crippen LogP contribution in [0.3, 0.4) is 0 Å². The largest absolute Gasteiger partial charge is 0.480 e. The number of aromatic nitrogens is 3. The van der Waals surface area contributed by atoms with E-state index in [1.165, 1.54) is 12.3 Å². The van der Waals surface area contributed by atoms with E-state index in [2.05, 4.69) is 25.4 Å². The van der Waals surface area contributed by atoms with Crippen LogP contribution in [0.1, 0.15) is 22.5 Å². The second-order valence-corrected chi connectivity index (χ2v) is 8.86. The fraction of sp³-hybridized carbons (Fsp3) is 0.200. The topological polar surface area (TPSA) is 154 Å². The average molecular weight is 441 g/mol. The Morgan fingerprint density at radius 3 is 2.58 bits per heavy atom. The number of carbonyl (C=O) groups is 2. The van der Waals surface area contributed by atoms with Crippen molar-refractivity contribution >= 4 is 21.9 Å². The molecule has 0 unspecified atom stereocenters. The maximum Gasteiger partial charge on any atom is 0.321 e. The summed E-state index contributed by atoms with van der Waals surface area (Å²) in [6.45, 7) is 0. The minimum atomic E-state index is -4.14. The van der Waals surface area contributed by atoms with Crippen LogP contribution in [0, 0.1) is 0 Å². The predicted octanol–water partition coefficient (Wildman–Crippen LogP) is 0.948. The highest BCUT2D eigenvalue weighted by atomic mass is 32.2. The molecule has 1 aliphatic rings. The molecule has 4 N–H and O–H groups in total. The molecule has 1 amide bonds. The van der Waals surface area contributed by atoms with Gasteiger partial charge < -0.3 is 10.4 Å². The molecule has 0 aliphatic carbocycles. The smallest absolute Gasteiger partial charge is 0.321 e. The maximum absolute atomic E-state index is 13.1. The number of rotatable bonds is 4. The van der Waals surface area contributed by atoms with Crippen LogP contribution >= 0.6 is 0 Å². The highest BCUT2D eigenvalue weighted by Gasteiger charge is 2.32. The third-order valence-corrected chi connectivity index (χ3v) is 6.51. The summed E-state index contributed by atoms with van der Waals surface area (Å²) in [5, 5.41) is 22.0. The number of benzene rings is 2. The van der Waals surface area contributed by atoms with Gasteiger partial charge in [0.2, 0.25) is 10.0 Å². The lowest BCUT2D eigenvalue weighted by atomic mass is 9.97. The highest BCUT2D eigenvalue weighted by molar-refractivity contribution is 7.89. The molecular formula is C20H19N5O5S. The van der Waals surface area contributed by atoms with Gasteiger partial charge in [-0.2, -0.15) is 20.1 Å². The second kappa shape index (κ2) is 8.28. The average Bonchev–Trinajstić information content (AvgIpc) is 3.29. The van der Waals surface area contributed by atoms with Crippen LogP contribution in [0.5, 0.6) is 0 Å². The number of carboxylic acid groups (broad SMARTS) is 1. The van der Waals surface area contributed by atoms with Crippen LogP contribution in [0.2, 0.25) is 0 Å². The summed E-state index contributed by atoms with van der Waals surface area (Å²) in [5.74, 6) is -1.87. The number of amides is 1. The van der Waals surface area contributed by atoms with Crippen molar-refractivity contribution in [3.05, 3.63) is 66.0 Å². The second-order valence-electron chi connectivity index (χ2n) is 7.17. The summed E-state index contributed by atoms with van der Waals surface area (Å²) in [6, 6.07) is 11.9. The number of aliphatic carboxylic acids is 1. The lowest BCUT2D eigenvalue weighted by molar-refractivity contribution is -0.139. The summed E-state index contributed by atoms with van der Waals surface area (Å²) in [6.07, 6.45) is 1.35. The number of hydrogen-bond donors (Lipinski definition) is 4. The van der Waals surface area contributed by atoms with Crippen molar-refractivity contribution in [1.82, 2.24) is 25.4 Å². The highest BCUT2D eigenvalue weighted by Crippen LogP contribution is 2.30. The van der Waals surface area contributed by atoms with Gasteiger partial charge in [-0.15, -0.1) is 0 Å². The first-order chi connectivity index (χ1) is 14.8. The van der Waals surface area contributed by atoms with E-state index in [-0.39, 0.29) is 23.4 Å². The molecule has 0 radical (unpaired) electrons. The first kappa shape index (κ1) is 20.7. The molecule has 2 heterocycles. The Morgan fingerprint density at radius 1 is 1.13 bits per heavy atom. The quantitative estimate of drug-likeness (QED) is 0.470. The molecule has 0 saturated heterocycles. The van der Waals surface area contributed by atoms with Crippen molar-refractivity contribution in [2.45, 2.75) is 29.8 Å². The number of sulfonamides is 1. The van der Waals surface area contributed by atoms with Gasteiger partial charge in [0, 0.05) is 11.6 Å². The summed E-state index contributed by atoms with van der Waals surface area (Å²) in [4.78, 5) is 24.2. The van der Waals surface area contributed by atoms with Crippen LogP contribution in [0.4, 0.5) is 0 Å². The van der Waals surface area contributed by atoms with Crippen molar-refractivity contribution < 1.29 is 23.1 Å². The lowest BCUT2D eigenvalue weighted by Gasteiger charge is -2.21. The molecule has 2 aromatic carbocycles. The molecular weight excluding hydrogens is 422 g/mol. The molecule has 0 fully saturated rings. The number of fused-ring (bicyclic) bond motifs is 2. The predicted molar refractivity (Wildman–Crippen MR) is 110 cm³/mol. The summed E-state index contributed by atoms with van der Waals surface area (Å²) < 4.78 is 28.5. The molecule has 3 aromatic rings. The minimum absolute atomic E-state index is 0.00840. The Balaban J connectivity index is 1.75. The van der Waals surface area contributed by atoms with Crippen LogP contribution < -0.4 is 10.0 Å². The van der Waals surface area contributed by atoms with E-state index in [0.717, 1.165) is 0 Å².